The molecule has 1 aliphatic rings. The smallest absolute Gasteiger partial charge is 0.327 e. The Morgan fingerprint density at radius 1 is 1.10 bits per heavy atom. The molecule has 10 nitrogen and oxygen atoms in total. The minimum absolute atomic E-state index is 0.194. The minimum Gasteiger partial charge on any atom is -0.465 e. The van der Waals surface area contributed by atoms with E-state index in [0.717, 1.165) is 19.3 Å². The molecule has 2 N–H and O–H groups in total. The summed E-state index contributed by atoms with van der Waals surface area (Å²) in [6.45, 7) is 0.122. The summed E-state index contributed by atoms with van der Waals surface area (Å²) in [6.07, 6.45) is 6.54. The molecular formula is C19H32O10S. The normalized spacial score (nSPS) is 23.0. The summed E-state index contributed by atoms with van der Waals surface area (Å²) in [7, 11) is -4.88. The van der Waals surface area contributed by atoms with E-state index in [0.29, 0.717) is 6.42 Å². The third kappa shape index (κ3) is 9.40. The molecule has 2 atom stereocenters. The van der Waals surface area contributed by atoms with Crippen molar-refractivity contribution in [2.75, 3.05) is 26.4 Å². The first-order chi connectivity index (χ1) is 14.1. The highest BCUT2D eigenvalue weighted by molar-refractivity contribution is 7.87. The second-order valence-corrected chi connectivity index (χ2v) is 9.27. The van der Waals surface area contributed by atoms with Gasteiger partial charge in [-0.1, -0.05) is 45.4 Å². The van der Waals surface area contributed by atoms with Crippen LogP contribution >= 0.6 is 0 Å². The maximum atomic E-state index is 12.0. The molecule has 1 aliphatic heterocycles. The van der Waals surface area contributed by atoms with Crippen molar-refractivity contribution in [2.24, 2.45) is 5.41 Å². The molecule has 1 fully saturated rings. The Labute approximate surface area is 177 Å². The van der Waals surface area contributed by atoms with Crippen molar-refractivity contribution in [1.82, 2.24) is 0 Å². The lowest BCUT2D eigenvalue weighted by Crippen LogP contribution is -2.42. The number of cyclic esters (lactones) is 2. The van der Waals surface area contributed by atoms with Gasteiger partial charge in [-0.05, 0) is 6.42 Å². The van der Waals surface area contributed by atoms with Crippen LogP contribution in [0.5, 0.6) is 0 Å². The van der Waals surface area contributed by atoms with Crippen LogP contribution in [-0.2, 0) is 38.7 Å². The van der Waals surface area contributed by atoms with E-state index in [9.17, 15) is 27.9 Å². The van der Waals surface area contributed by atoms with Crippen LogP contribution in [0, 0.1) is 5.41 Å². The predicted molar refractivity (Wildman–Crippen MR) is 105 cm³/mol. The third-order valence-electron chi connectivity index (χ3n) is 4.89. The number of hydrogen-bond acceptors (Lipinski definition) is 9. The highest BCUT2D eigenvalue weighted by atomic mass is 32.2. The quantitative estimate of drug-likeness (QED) is 0.192. The summed E-state index contributed by atoms with van der Waals surface area (Å²) in [5, 5.41) is 7.63. The average molecular weight is 453 g/mol. The van der Waals surface area contributed by atoms with Gasteiger partial charge in [-0.15, -0.1) is 0 Å². The number of carbonyl (C=O) groups is 3. The van der Waals surface area contributed by atoms with Gasteiger partial charge in [0.2, 0.25) is 0 Å². The van der Waals surface area contributed by atoms with Gasteiger partial charge in [0.05, 0.1) is 18.4 Å². The van der Waals surface area contributed by atoms with Crippen LogP contribution in [-0.4, -0.2) is 67.7 Å². The van der Waals surface area contributed by atoms with Crippen molar-refractivity contribution in [3.63, 3.8) is 0 Å². The van der Waals surface area contributed by atoms with Crippen molar-refractivity contribution >= 4 is 28.0 Å². The molecule has 11 heteroatoms. The fourth-order valence-electron chi connectivity index (χ4n) is 2.87. The van der Waals surface area contributed by atoms with Crippen molar-refractivity contribution in [2.45, 2.75) is 70.0 Å². The molecular weight excluding hydrogens is 420 g/mol. The van der Waals surface area contributed by atoms with Gasteiger partial charge in [-0.25, -0.2) is 0 Å². The van der Waals surface area contributed by atoms with E-state index in [-0.39, 0.29) is 13.0 Å². The van der Waals surface area contributed by atoms with Gasteiger partial charge in [0.25, 0.3) is 10.1 Å². The standard InChI is InChI=1S/C19H32O10S/c1-2-3-4-5-6-7-8-9-16(21)27-12-19(11-20)13-28-17(22)10-15(30(24,25)26)18(23)29-14-19/h15,20H,2-14H2,1H3,(H,24,25,26). The zero-order valence-electron chi connectivity index (χ0n) is 17.3. The Kier molecular flexibility index (Phi) is 11.3. The summed E-state index contributed by atoms with van der Waals surface area (Å²) in [4.78, 5) is 35.8. The van der Waals surface area contributed by atoms with Gasteiger partial charge >= 0.3 is 17.9 Å². The van der Waals surface area contributed by atoms with Gasteiger partial charge in [0.15, 0.2) is 5.25 Å². The Morgan fingerprint density at radius 3 is 2.30 bits per heavy atom. The van der Waals surface area contributed by atoms with E-state index in [2.05, 4.69) is 6.92 Å². The molecule has 0 aromatic rings. The van der Waals surface area contributed by atoms with E-state index in [1.165, 1.54) is 19.3 Å². The number of hydrogen-bond donors (Lipinski definition) is 2. The first kappa shape index (κ1) is 26.3. The molecule has 30 heavy (non-hydrogen) atoms. The number of aliphatic hydroxyl groups excluding tert-OH is 1. The maximum absolute atomic E-state index is 12.0. The molecule has 0 radical (unpaired) electrons. The number of rotatable bonds is 12. The number of ether oxygens (including phenoxy) is 3. The first-order valence-electron chi connectivity index (χ1n) is 10.2. The largest absolute Gasteiger partial charge is 0.465 e. The van der Waals surface area contributed by atoms with Crippen LogP contribution in [0.1, 0.15) is 64.7 Å². The lowest BCUT2D eigenvalue weighted by Gasteiger charge is -2.29. The Bertz CT molecular complexity index is 675. The summed E-state index contributed by atoms with van der Waals surface area (Å²) in [5.41, 5.74) is -1.42. The van der Waals surface area contributed by atoms with E-state index in [4.69, 9.17) is 18.8 Å². The summed E-state index contributed by atoms with van der Waals surface area (Å²) in [5.74, 6) is -2.91. The van der Waals surface area contributed by atoms with Crippen LogP contribution in [0.25, 0.3) is 0 Å². The van der Waals surface area contributed by atoms with E-state index in [1.54, 1.807) is 0 Å². The summed E-state index contributed by atoms with van der Waals surface area (Å²) < 4.78 is 46.7. The zero-order valence-corrected chi connectivity index (χ0v) is 18.2. The van der Waals surface area contributed by atoms with Crippen LogP contribution in [0.3, 0.4) is 0 Å². The molecule has 0 amide bonds. The van der Waals surface area contributed by atoms with Crippen LogP contribution in [0.4, 0.5) is 0 Å². The Balaban J connectivity index is 2.56. The van der Waals surface area contributed by atoms with Gasteiger partial charge in [0, 0.05) is 6.42 Å². The molecule has 1 rings (SSSR count). The second-order valence-electron chi connectivity index (χ2n) is 7.67. The molecule has 0 aromatic heterocycles. The minimum atomic E-state index is -4.88. The fraction of sp³-hybridized carbons (Fsp3) is 0.842. The van der Waals surface area contributed by atoms with Crippen molar-refractivity contribution in [1.29, 1.82) is 0 Å². The summed E-state index contributed by atoms with van der Waals surface area (Å²) >= 11 is 0. The van der Waals surface area contributed by atoms with Crippen molar-refractivity contribution in [3.8, 4) is 0 Å². The Hall–Kier alpha value is -1.72. The SMILES string of the molecule is CCCCCCCCCC(=O)OCC1(CO)COC(=O)CC(S(=O)(=O)O)C(=O)OC1. The highest BCUT2D eigenvalue weighted by Gasteiger charge is 2.42. The van der Waals surface area contributed by atoms with Gasteiger partial charge in [0.1, 0.15) is 19.8 Å². The average Bonchev–Trinajstić information content (AvgIpc) is 2.75. The first-order valence-corrected chi connectivity index (χ1v) is 11.7. The molecule has 0 aromatic carbocycles. The monoisotopic (exact) mass is 452 g/mol. The molecule has 1 saturated heterocycles. The van der Waals surface area contributed by atoms with Crippen LogP contribution in [0.15, 0.2) is 0 Å². The topological polar surface area (TPSA) is 154 Å². The molecule has 0 bridgehead atoms. The number of aliphatic hydroxyl groups is 1. The summed E-state index contributed by atoms with van der Waals surface area (Å²) in [6, 6.07) is 0. The van der Waals surface area contributed by atoms with Gasteiger partial charge in [-0.3, -0.25) is 18.9 Å². The lowest BCUT2D eigenvalue weighted by atomic mass is 9.92. The molecule has 0 spiro atoms. The fourth-order valence-corrected chi connectivity index (χ4v) is 3.52. The molecule has 174 valence electrons. The van der Waals surface area contributed by atoms with E-state index < -0.39 is 64.9 Å². The van der Waals surface area contributed by atoms with E-state index in [1.807, 2.05) is 0 Å². The van der Waals surface area contributed by atoms with Crippen molar-refractivity contribution < 1.29 is 46.7 Å². The van der Waals surface area contributed by atoms with Crippen molar-refractivity contribution in [3.05, 3.63) is 0 Å². The molecule has 1 heterocycles. The molecule has 0 aliphatic carbocycles. The van der Waals surface area contributed by atoms with Crippen LogP contribution in [0.2, 0.25) is 0 Å². The van der Waals surface area contributed by atoms with Gasteiger partial charge < -0.3 is 19.3 Å². The second kappa shape index (κ2) is 12.9. The Morgan fingerprint density at radius 2 is 1.70 bits per heavy atom. The number of unbranched alkanes of at least 4 members (excludes halogenated alkanes) is 6. The molecule has 0 saturated carbocycles. The lowest BCUT2D eigenvalue weighted by molar-refractivity contribution is -0.161. The zero-order chi connectivity index (χ0) is 22.6. The van der Waals surface area contributed by atoms with Crippen LogP contribution < -0.4 is 0 Å². The maximum Gasteiger partial charge on any atom is 0.327 e. The number of carbonyl (C=O) groups excluding carboxylic acids is 3. The highest BCUT2D eigenvalue weighted by Crippen LogP contribution is 2.23. The third-order valence-corrected chi connectivity index (χ3v) is 5.97. The molecule has 2 unspecified atom stereocenters. The predicted octanol–water partition coefficient (Wildman–Crippen LogP) is 1.40. The van der Waals surface area contributed by atoms with E-state index >= 15 is 0 Å². The van der Waals surface area contributed by atoms with Gasteiger partial charge in [-0.2, -0.15) is 8.42 Å². The number of esters is 3.